The van der Waals surface area contributed by atoms with E-state index in [4.69, 9.17) is 14.6 Å². The Labute approximate surface area is 178 Å². The minimum absolute atomic E-state index is 0.105. The van der Waals surface area contributed by atoms with Crippen LogP contribution >= 0.6 is 0 Å². The molecule has 1 spiro atoms. The van der Waals surface area contributed by atoms with Gasteiger partial charge in [-0.05, 0) is 52.4 Å². The highest BCUT2D eigenvalue weighted by Gasteiger charge is 2.78. The summed E-state index contributed by atoms with van der Waals surface area (Å²) in [7, 11) is 0. The smallest absolute Gasteiger partial charge is 0.312 e. The highest BCUT2D eigenvalue weighted by Crippen LogP contribution is 2.63. The van der Waals surface area contributed by atoms with Crippen molar-refractivity contribution in [2.45, 2.75) is 83.0 Å². The third-order valence-electron chi connectivity index (χ3n) is 6.95. The fraction of sp³-hybridized carbons (Fsp3) is 0.864. The van der Waals surface area contributed by atoms with Crippen molar-refractivity contribution < 1.29 is 29.0 Å². The molecule has 2 amide bonds. The molecule has 3 rings (SSSR count). The van der Waals surface area contributed by atoms with Gasteiger partial charge >= 0.3 is 5.97 Å². The molecule has 3 fully saturated rings. The molecule has 30 heavy (non-hydrogen) atoms. The number of esters is 1. The van der Waals surface area contributed by atoms with E-state index in [0.29, 0.717) is 38.8 Å². The van der Waals surface area contributed by atoms with Crippen LogP contribution in [0, 0.1) is 11.8 Å². The molecule has 8 nitrogen and oxygen atoms in total. The highest BCUT2D eigenvalue weighted by atomic mass is 16.6. The first-order valence-corrected chi connectivity index (χ1v) is 11.4. The van der Waals surface area contributed by atoms with Gasteiger partial charge in [0.15, 0.2) is 0 Å². The zero-order valence-corrected chi connectivity index (χ0v) is 18.4. The SMILES string of the molecule is CCCCNC(=O)C1N(CCCCCO)C(=O)[C@@H]2[C@@H](C(=O)OCC)[C@@]3(C)CCC12O3. The quantitative estimate of drug-likeness (QED) is 0.384. The Morgan fingerprint density at radius 1 is 1.23 bits per heavy atom. The summed E-state index contributed by atoms with van der Waals surface area (Å²) < 4.78 is 11.8. The van der Waals surface area contributed by atoms with E-state index in [-0.39, 0.29) is 25.0 Å². The number of aliphatic hydroxyl groups is 1. The van der Waals surface area contributed by atoms with Crippen LogP contribution in [0.15, 0.2) is 0 Å². The molecule has 3 saturated heterocycles. The van der Waals surface area contributed by atoms with Crippen molar-refractivity contribution in [3.05, 3.63) is 0 Å². The topological polar surface area (TPSA) is 105 Å². The zero-order chi connectivity index (χ0) is 21.9. The van der Waals surface area contributed by atoms with Crippen LogP contribution in [0.25, 0.3) is 0 Å². The lowest BCUT2D eigenvalue weighted by atomic mass is 9.66. The molecule has 0 saturated carbocycles. The summed E-state index contributed by atoms with van der Waals surface area (Å²) in [4.78, 5) is 41.2. The molecule has 0 radical (unpaired) electrons. The lowest BCUT2D eigenvalue weighted by Crippen LogP contribution is -2.55. The number of unbranched alkanes of at least 4 members (excludes halogenated alkanes) is 3. The highest BCUT2D eigenvalue weighted by molar-refractivity contribution is 5.98. The van der Waals surface area contributed by atoms with E-state index in [1.165, 1.54) is 0 Å². The van der Waals surface area contributed by atoms with Crippen molar-refractivity contribution in [1.82, 2.24) is 10.2 Å². The molecule has 8 heteroatoms. The number of carbonyl (C=O) groups excluding carboxylic acids is 3. The Hall–Kier alpha value is -1.67. The van der Waals surface area contributed by atoms with E-state index < -0.39 is 35.0 Å². The predicted octanol–water partition coefficient (Wildman–Crippen LogP) is 1.39. The third kappa shape index (κ3) is 3.73. The van der Waals surface area contributed by atoms with Crippen molar-refractivity contribution in [2.75, 3.05) is 26.3 Å². The second kappa shape index (κ2) is 9.22. The summed E-state index contributed by atoms with van der Waals surface area (Å²) in [6.07, 6.45) is 5.14. The van der Waals surface area contributed by atoms with E-state index in [0.717, 1.165) is 19.3 Å². The fourth-order valence-electron chi connectivity index (χ4n) is 5.61. The monoisotopic (exact) mass is 424 g/mol. The molecular formula is C22H36N2O6. The molecule has 3 heterocycles. The largest absolute Gasteiger partial charge is 0.466 e. The maximum Gasteiger partial charge on any atom is 0.312 e. The van der Waals surface area contributed by atoms with Gasteiger partial charge in [-0.3, -0.25) is 14.4 Å². The van der Waals surface area contributed by atoms with Gasteiger partial charge in [0.05, 0.1) is 18.1 Å². The molecule has 0 aromatic heterocycles. The minimum atomic E-state index is -0.976. The van der Waals surface area contributed by atoms with Crippen LogP contribution in [0.1, 0.15) is 65.7 Å². The molecule has 0 aromatic carbocycles. The Morgan fingerprint density at radius 2 is 2.00 bits per heavy atom. The number of fused-ring (bicyclic) bond motifs is 1. The first kappa shape index (κ1) is 23.0. The minimum Gasteiger partial charge on any atom is -0.466 e. The van der Waals surface area contributed by atoms with E-state index in [9.17, 15) is 14.4 Å². The Kier molecular flexibility index (Phi) is 7.07. The van der Waals surface area contributed by atoms with Gasteiger partial charge in [0.1, 0.15) is 17.6 Å². The van der Waals surface area contributed by atoms with Crippen LogP contribution in [0.5, 0.6) is 0 Å². The van der Waals surface area contributed by atoms with Crippen LogP contribution < -0.4 is 5.32 Å². The van der Waals surface area contributed by atoms with Gasteiger partial charge in [-0.25, -0.2) is 0 Å². The number of hydrogen-bond donors (Lipinski definition) is 2. The maximum atomic E-state index is 13.6. The van der Waals surface area contributed by atoms with Gasteiger partial charge < -0.3 is 24.8 Å². The van der Waals surface area contributed by atoms with E-state index in [1.54, 1.807) is 11.8 Å². The van der Waals surface area contributed by atoms with Gasteiger partial charge in [-0.1, -0.05) is 13.3 Å². The van der Waals surface area contributed by atoms with Crippen molar-refractivity contribution in [2.24, 2.45) is 11.8 Å². The molecule has 2 unspecified atom stereocenters. The molecule has 5 atom stereocenters. The summed E-state index contributed by atoms with van der Waals surface area (Å²) in [6, 6.07) is -0.734. The fourth-order valence-corrected chi connectivity index (χ4v) is 5.61. The van der Waals surface area contributed by atoms with Crippen molar-refractivity contribution in [3.8, 4) is 0 Å². The van der Waals surface area contributed by atoms with Crippen LogP contribution in [0.3, 0.4) is 0 Å². The van der Waals surface area contributed by atoms with Gasteiger partial charge in [0, 0.05) is 19.7 Å². The van der Waals surface area contributed by atoms with Crippen LogP contribution in [-0.4, -0.2) is 71.3 Å². The van der Waals surface area contributed by atoms with E-state index in [1.807, 2.05) is 6.92 Å². The lowest BCUT2D eigenvalue weighted by molar-refractivity contribution is -0.159. The summed E-state index contributed by atoms with van der Waals surface area (Å²) in [5.41, 5.74) is -1.76. The number of hydrogen-bond acceptors (Lipinski definition) is 6. The van der Waals surface area contributed by atoms with Crippen LogP contribution in [0.4, 0.5) is 0 Å². The molecule has 2 bridgehead atoms. The normalized spacial score (nSPS) is 34.3. The Bertz CT molecular complexity index is 670. The average Bonchev–Trinajstić information content (AvgIpc) is 3.27. The van der Waals surface area contributed by atoms with Gasteiger partial charge in [-0.15, -0.1) is 0 Å². The van der Waals surface area contributed by atoms with E-state index >= 15 is 0 Å². The molecule has 3 aliphatic heterocycles. The van der Waals surface area contributed by atoms with Crippen molar-refractivity contribution >= 4 is 17.8 Å². The number of carbonyl (C=O) groups is 3. The van der Waals surface area contributed by atoms with Crippen LogP contribution in [-0.2, 0) is 23.9 Å². The number of likely N-dealkylation sites (tertiary alicyclic amines) is 1. The van der Waals surface area contributed by atoms with Gasteiger partial charge in [0.25, 0.3) is 0 Å². The van der Waals surface area contributed by atoms with Crippen molar-refractivity contribution in [3.63, 3.8) is 0 Å². The number of ether oxygens (including phenoxy) is 2. The summed E-state index contributed by atoms with van der Waals surface area (Å²) in [6.45, 7) is 6.99. The summed E-state index contributed by atoms with van der Waals surface area (Å²) >= 11 is 0. The second-order valence-corrected chi connectivity index (χ2v) is 8.94. The maximum absolute atomic E-state index is 13.6. The summed E-state index contributed by atoms with van der Waals surface area (Å²) in [5.74, 6) is -2.17. The van der Waals surface area contributed by atoms with Crippen molar-refractivity contribution in [1.29, 1.82) is 0 Å². The summed E-state index contributed by atoms with van der Waals surface area (Å²) in [5, 5.41) is 12.0. The Morgan fingerprint density at radius 3 is 2.67 bits per heavy atom. The second-order valence-electron chi connectivity index (χ2n) is 8.94. The average molecular weight is 425 g/mol. The number of nitrogens with one attached hydrogen (secondary N) is 1. The standard InChI is InChI=1S/C22H36N2O6/c1-4-6-12-23-18(26)17-22-11-10-21(3,30-22)16(20(28)29-5-2)15(22)19(27)24(17)13-8-7-9-14-25/h15-17,25H,4-14H2,1-3H3,(H,23,26)/t15-,16-,17?,21+,22?/m0/s1. The first-order chi connectivity index (χ1) is 14.4. The number of amides is 2. The van der Waals surface area contributed by atoms with Gasteiger partial charge in [0.2, 0.25) is 11.8 Å². The van der Waals surface area contributed by atoms with E-state index in [2.05, 4.69) is 12.2 Å². The lowest BCUT2D eigenvalue weighted by Gasteiger charge is -2.33. The molecule has 3 aliphatic rings. The molecule has 2 N–H and O–H groups in total. The predicted molar refractivity (Wildman–Crippen MR) is 109 cm³/mol. The molecule has 0 aliphatic carbocycles. The number of aliphatic hydroxyl groups excluding tert-OH is 1. The molecule has 170 valence electrons. The third-order valence-corrected chi connectivity index (χ3v) is 6.95. The first-order valence-electron chi connectivity index (χ1n) is 11.4. The van der Waals surface area contributed by atoms with Crippen LogP contribution in [0.2, 0.25) is 0 Å². The Balaban J connectivity index is 1.90. The number of rotatable bonds is 11. The molecule has 0 aromatic rings. The molecular weight excluding hydrogens is 388 g/mol. The van der Waals surface area contributed by atoms with Gasteiger partial charge in [-0.2, -0.15) is 0 Å². The zero-order valence-electron chi connectivity index (χ0n) is 18.4. The number of nitrogens with zero attached hydrogens (tertiary/aromatic N) is 1.